The van der Waals surface area contributed by atoms with Crippen molar-refractivity contribution >= 4 is 17.6 Å². The van der Waals surface area contributed by atoms with Gasteiger partial charge in [-0.25, -0.2) is 5.48 Å². The van der Waals surface area contributed by atoms with Gasteiger partial charge in [0.15, 0.2) is 5.78 Å². The summed E-state index contributed by atoms with van der Waals surface area (Å²) >= 11 is 0. The molecule has 0 aliphatic carbocycles. The number of hydrogen-bond donors (Lipinski definition) is 3. The lowest BCUT2D eigenvalue weighted by atomic mass is 9.82. The van der Waals surface area contributed by atoms with Crippen LogP contribution in [0.1, 0.15) is 39.2 Å². The van der Waals surface area contributed by atoms with Crippen molar-refractivity contribution in [1.82, 2.24) is 10.8 Å². The number of benzene rings is 1. The summed E-state index contributed by atoms with van der Waals surface area (Å²) in [7, 11) is 0. The van der Waals surface area contributed by atoms with Gasteiger partial charge in [-0.3, -0.25) is 19.6 Å². The monoisotopic (exact) mass is 374 g/mol. The van der Waals surface area contributed by atoms with Crippen molar-refractivity contribution in [1.29, 1.82) is 0 Å². The topological polar surface area (TPSA) is 95.5 Å². The SMILES string of the molecule is C=CC[C@@H](C(=O)NO)[C@@H](CC(C)C)C(=O)N[C@@H](Cc1ccccc1)C(C)=O. The highest BCUT2D eigenvalue weighted by Gasteiger charge is 2.34. The Labute approximate surface area is 161 Å². The third-order valence-corrected chi connectivity index (χ3v) is 4.51. The third-order valence-electron chi connectivity index (χ3n) is 4.51. The van der Waals surface area contributed by atoms with Crippen LogP contribution in [-0.2, 0) is 20.8 Å². The minimum atomic E-state index is -0.751. The fourth-order valence-electron chi connectivity index (χ4n) is 3.10. The Balaban J connectivity index is 3.02. The number of nitrogens with one attached hydrogen (secondary N) is 2. The number of carbonyl (C=O) groups excluding carboxylic acids is 3. The largest absolute Gasteiger partial charge is 0.346 e. The van der Waals surface area contributed by atoms with Crippen molar-refractivity contribution in [2.45, 2.75) is 46.1 Å². The van der Waals surface area contributed by atoms with Crippen molar-refractivity contribution in [2.75, 3.05) is 0 Å². The molecule has 3 N–H and O–H groups in total. The molecule has 6 nitrogen and oxygen atoms in total. The Morgan fingerprint density at radius 3 is 2.22 bits per heavy atom. The van der Waals surface area contributed by atoms with Gasteiger partial charge < -0.3 is 5.32 Å². The number of carbonyl (C=O) groups is 3. The molecule has 3 atom stereocenters. The zero-order valence-corrected chi connectivity index (χ0v) is 16.3. The summed E-state index contributed by atoms with van der Waals surface area (Å²) in [5, 5.41) is 11.8. The summed E-state index contributed by atoms with van der Waals surface area (Å²) in [6, 6.07) is 8.76. The van der Waals surface area contributed by atoms with Crippen molar-refractivity contribution in [2.24, 2.45) is 17.8 Å². The third kappa shape index (κ3) is 7.35. The molecular formula is C21H30N2O4. The maximum Gasteiger partial charge on any atom is 0.247 e. The smallest absolute Gasteiger partial charge is 0.247 e. The molecule has 0 saturated heterocycles. The summed E-state index contributed by atoms with van der Waals surface area (Å²) in [5.41, 5.74) is 2.58. The van der Waals surface area contributed by atoms with Gasteiger partial charge in [0.1, 0.15) is 0 Å². The van der Waals surface area contributed by atoms with Crippen LogP contribution >= 0.6 is 0 Å². The van der Waals surface area contributed by atoms with Gasteiger partial charge in [0, 0.05) is 0 Å². The summed E-state index contributed by atoms with van der Waals surface area (Å²) in [5.74, 6) is -2.41. The molecule has 27 heavy (non-hydrogen) atoms. The molecular weight excluding hydrogens is 344 g/mol. The lowest BCUT2D eigenvalue weighted by Crippen LogP contribution is -2.48. The predicted molar refractivity (Wildman–Crippen MR) is 104 cm³/mol. The number of hydrogen-bond acceptors (Lipinski definition) is 4. The first-order valence-electron chi connectivity index (χ1n) is 9.19. The minimum absolute atomic E-state index is 0.151. The van der Waals surface area contributed by atoms with Gasteiger partial charge in [-0.1, -0.05) is 50.3 Å². The zero-order valence-electron chi connectivity index (χ0n) is 16.3. The van der Waals surface area contributed by atoms with Gasteiger partial charge >= 0.3 is 0 Å². The van der Waals surface area contributed by atoms with Crippen LogP contribution in [0, 0.1) is 17.8 Å². The number of Topliss-reactive ketones (excluding diaryl/α,β-unsaturated/α-hetero) is 1. The fourth-order valence-corrected chi connectivity index (χ4v) is 3.10. The van der Waals surface area contributed by atoms with Crippen LogP contribution in [-0.4, -0.2) is 28.8 Å². The number of rotatable bonds is 11. The maximum absolute atomic E-state index is 13.0. The standard InChI is InChI=1S/C21H30N2O4/c1-5-9-17(21(26)23-27)18(12-14(2)3)20(25)22-19(15(4)24)13-16-10-7-6-8-11-16/h5-8,10-11,14,17-19,27H,1,9,12-13H2,2-4H3,(H,22,25)(H,23,26)/t17-,18-,19+/m1/s1. The zero-order chi connectivity index (χ0) is 20.4. The van der Waals surface area contributed by atoms with E-state index in [1.807, 2.05) is 44.2 Å². The number of amides is 2. The van der Waals surface area contributed by atoms with Gasteiger partial charge in [0.2, 0.25) is 11.8 Å². The van der Waals surface area contributed by atoms with Crippen LogP contribution in [0.4, 0.5) is 0 Å². The highest BCUT2D eigenvalue weighted by Crippen LogP contribution is 2.25. The van der Waals surface area contributed by atoms with Crippen molar-refractivity contribution in [3.8, 4) is 0 Å². The first-order chi connectivity index (χ1) is 12.8. The molecule has 0 unspecified atom stereocenters. The Morgan fingerprint density at radius 1 is 1.11 bits per heavy atom. The van der Waals surface area contributed by atoms with Gasteiger partial charge in [-0.2, -0.15) is 0 Å². The lowest BCUT2D eigenvalue weighted by Gasteiger charge is -2.27. The van der Waals surface area contributed by atoms with Crippen molar-refractivity contribution < 1.29 is 19.6 Å². The van der Waals surface area contributed by atoms with Gasteiger partial charge in [-0.05, 0) is 37.7 Å². The first-order valence-corrected chi connectivity index (χ1v) is 9.19. The van der Waals surface area contributed by atoms with E-state index in [0.717, 1.165) is 5.56 Å². The average molecular weight is 374 g/mol. The number of allylic oxidation sites excluding steroid dienone is 1. The van der Waals surface area contributed by atoms with Crippen molar-refractivity contribution in [3.05, 3.63) is 48.6 Å². The second-order valence-corrected chi connectivity index (χ2v) is 7.20. The summed E-state index contributed by atoms with van der Waals surface area (Å²) in [4.78, 5) is 37.1. The molecule has 0 aromatic heterocycles. The number of hydroxylamine groups is 1. The molecule has 148 valence electrons. The average Bonchev–Trinajstić information content (AvgIpc) is 2.63. The van der Waals surface area contributed by atoms with Crippen LogP contribution in [0.15, 0.2) is 43.0 Å². The van der Waals surface area contributed by atoms with Gasteiger partial charge in [-0.15, -0.1) is 6.58 Å². The molecule has 0 fully saturated rings. The second kappa shape index (κ2) is 11.3. The van der Waals surface area contributed by atoms with E-state index in [4.69, 9.17) is 5.21 Å². The van der Waals surface area contributed by atoms with E-state index in [-0.39, 0.29) is 24.0 Å². The fraction of sp³-hybridized carbons (Fsp3) is 0.476. The van der Waals surface area contributed by atoms with E-state index in [1.165, 1.54) is 6.92 Å². The Morgan fingerprint density at radius 2 is 1.74 bits per heavy atom. The van der Waals surface area contributed by atoms with E-state index in [0.29, 0.717) is 12.8 Å². The van der Waals surface area contributed by atoms with E-state index in [9.17, 15) is 14.4 Å². The van der Waals surface area contributed by atoms with Crippen LogP contribution in [0.25, 0.3) is 0 Å². The Kier molecular flexibility index (Phi) is 9.44. The van der Waals surface area contributed by atoms with E-state index < -0.39 is 23.8 Å². The summed E-state index contributed by atoms with van der Waals surface area (Å²) in [6.07, 6.45) is 2.63. The highest BCUT2D eigenvalue weighted by atomic mass is 16.5. The molecule has 1 aromatic rings. The van der Waals surface area contributed by atoms with Crippen molar-refractivity contribution in [3.63, 3.8) is 0 Å². The minimum Gasteiger partial charge on any atom is -0.346 e. The molecule has 0 heterocycles. The van der Waals surface area contributed by atoms with Gasteiger partial charge in [0.25, 0.3) is 0 Å². The normalized spacial score (nSPS) is 14.1. The quantitative estimate of drug-likeness (QED) is 0.315. The predicted octanol–water partition coefficient (Wildman–Crippen LogP) is 2.66. The van der Waals surface area contributed by atoms with Crippen LogP contribution in [0.3, 0.4) is 0 Å². The molecule has 0 aliphatic heterocycles. The molecule has 1 rings (SSSR count). The molecule has 1 aromatic carbocycles. The number of ketones is 1. The van der Waals surface area contributed by atoms with Gasteiger partial charge in [0.05, 0.1) is 17.9 Å². The summed E-state index contributed by atoms with van der Waals surface area (Å²) < 4.78 is 0. The Hall–Kier alpha value is -2.47. The molecule has 0 saturated carbocycles. The van der Waals surface area contributed by atoms with E-state index in [2.05, 4.69) is 11.9 Å². The maximum atomic E-state index is 13.0. The second-order valence-electron chi connectivity index (χ2n) is 7.20. The Bertz CT molecular complexity index is 643. The van der Waals surface area contributed by atoms with E-state index in [1.54, 1.807) is 11.6 Å². The molecule has 6 heteroatoms. The van der Waals surface area contributed by atoms with Crippen LogP contribution < -0.4 is 10.8 Å². The van der Waals surface area contributed by atoms with Crippen LogP contribution in [0.2, 0.25) is 0 Å². The molecule has 2 amide bonds. The first kappa shape index (κ1) is 22.6. The van der Waals surface area contributed by atoms with E-state index >= 15 is 0 Å². The molecule has 0 bridgehead atoms. The summed E-state index contributed by atoms with van der Waals surface area (Å²) in [6.45, 7) is 8.98. The molecule has 0 spiro atoms. The lowest BCUT2D eigenvalue weighted by molar-refractivity contribution is -0.141. The molecule has 0 radical (unpaired) electrons. The highest BCUT2D eigenvalue weighted by molar-refractivity contribution is 5.91. The molecule has 0 aliphatic rings. The van der Waals surface area contributed by atoms with Crippen LogP contribution in [0.5, 0.6) is 0 Å².